The maximum atomic E-state index is 13.3. The zero-order valence-corrected chi connectivity index (χ0v) is 10.8. The second kappa shape index (κ2) is 5.63. The first-order valence-electron chi connectivity index (χ1n) is 5.60. The van der Waals surface area contributed by atoms with Crippen molar-refractivity contribution in [3.8, 4) is 0 Å². The van der Waals surface area contributed by atoms with Crippen LogP contribution < -0.4 is 5.32 Å². The van der Waals surface area contributed by atoms with Crippen molar-refractivity contribution in [2.75, 3.05) is 7.05 Å². The van der Waals surface area contributed by atoms with Crippen LogP contribution in [0.1, 0.15) is 17.2 Å². The quantitative estimate of drug-likeness (QED) is 0.839. The van der Waals surface area contributed by atoms with E-state index >= 15 is 0 Å². The number of nitrogens with one attached hydrogen (secondary N) is 1. The van der Waals surface area contributed by atoms with Gasteiger partial charge in [0, 0.05) is 5.02 Å². The van der Waals surface area contributed by atoms with Crippen LogP contribution in [0.3, 0.4) is 0 Å². The fourth-order valence-corrected chi connectivity index (χ4v) is 2.21. The van der Waals surface area contributed by atoms with Gasteiger partial charge in [-0.2, -0.15) is 0 Å². The lowest BCUT2D eigenvalue weighted by atomic mass is 9.98. The van der Waals surface area contributed by atoms with Crippen LogP contribution in [0.4, 0.5) is 13.2 Å². The molecule has 19 heavy (non-hydrogen) atoms. The molecule has 100 valence electrons. The van der Waals surface area contributed by atoms with Gasteiger partial charge in [-0.05, 0) is 42.4 Å². The Labute approximate surface area is 114 Å². The Balaban J connectivity index is 2.51. The van der Waals surface area contributed by atoms with Crippen LogP contribution in [0.15, 0.2) is 36.4 Å². The first-order chi connectivity index (χ1) is 9.02. The highest BCUT2D eigenvalue weighted by molar-refractivity contribution is 6.31. The molecular formula is C14H11ClF3N. The summed E-state index contributed by atoms with van der Waals surface area (Å²) in [5, 5.41) is 2.99. The molecule has 2 aromatic rings. The third-order valence-electron chi connectivity index (χ3n) is 2.82. The summed E-state index contributed by atoms with van der Waals surface area (Å²) in [6.45, 7) is 0. The lowest BCUT2D eigenvalue weighted by Gasteiger charge is -2.19. The Kier molecular flexibility index (Phi) is 4.12. The summed E-state index contributed by atoms with van der Waals surface area (Å²) in [6, 6.07) is 7.27. The molecule has 1 unspecified atom stereocenters. The van der Waals surface area contributed by atoms with E-state index in [9.17, 15) is 13.2 Å². The van der Waals surface area contributed by atoms with Crippen molar-refractivity contribution in [1.82, 2.24) is 5.32 Å². The lowest BCUT2D eigenvalue weighted by Crippen LogP contribution is -2.18. The van der Waals surface area contributed by atoms with E-state index in [4.69, 9.17) is 11.6 Å². The number of halogens is 4. The minimum absolute atomic E-state index is 0.0857. The fraction of sp³-hybridized carbons (Fsp3) is 0.143. The standard InChI is InChI=1S/C14H11ClF3N/c1-19-14(8-3-2-4-9(16)5-8)10-6-12(17)13(18)7-11(10)15/h2-7,14,19H,1H3. The predicted molar refractivity (Wildman–Crippen MR) is 68.7 cm³/mol. The van der Waals surface area contributed by atoms with Crippen molar-refractivity contribution in [1.29, 1.82) is 0 Å². The molecule has 0 spiro atoms. The van der Waals surface area contributed by atoms with Crippen LogP contribution in [0.2, 0.25) is 5.02 Å². The van der Waals surface area contributed by atoms with Crippen molar-refractivity contribution in [3.05, 3.63) is 70.0 Å². The van der Waals surface area contributed by atoms with Crippen LogP contribution in [0, 0.1) is 17.5 Å². The van der Waals surface area contributed by atoms with Crippen molar-refractivity contribution < 1.29 is 13.2 Å². The van der Waals surface area contributed by atoms with Crippen molar-refractivity contribution >= 4 is 11.6 Å². The Morgan fingerprint density at radius 2 is 1.74 bits per heavy atom. The number of benzene rings is 2. The largest absolute Gasteiger partial charge is 0.309 e. The average molecular weight is 286 g/mol. The second-order valence-electron chi connectivity index (χ2n) is 4.06. The van der Waals surface area contributed by atoms with Gasteiger partial charge in [-0.1, -0.05) is 23.7 Å². The fourth-order valence-electron chi connectivity index (χ4n) is 1.95. The highest BCUT2D eigenvalue weighted by atomic mass is 35.5. The molecule has 2 rings (SSSR count). The smallest absolute Gasteiger partial charge is 0.160 e. The molecule has 2 aromatic carbocycles. The summed E-state index contributed by atoms with van der Waals surface area (Å²) in [5.74, 6) is -2.41. The number of hydrogen-bond acceptors (Lipinski definition) is 1. The maximum absolute atomic E-state index is 13.3. The molecule has 0 saturated carbocycles. The van der Waals surface area contributed by atoms with E-state index in [1.165, 1.54) is 12.1 Å². The Bertz CT molecular complexity index is 601. The highest BCUT2D eigenvalue weighted by Crippen LogP contribution is 2.30. The maximum Gasteiger partial charge on any atom is 0.160 e. The summed E-state index contributed by atoms with van der Waals surface area (Å²) >= 11 is 5.92. The zero-order chi connectivity index (χ0) is 14.0. The van der Waals surface area contributed by atoms with Crippen LogP contribution in [0.5, 0.6) is 0 Å². The van der Waals surface area contributed by atoms with E-state index in [1.54, 1.807) is 19.2 Å². The molecule has 0 aliphatic carbocycles. The normalized spacial score (nSPS) is 12.5. The molecule has 0 amide bonds. The summed E-state index contributed by atoms with van der Waals surface area (Å²) in [4.78, 5) is 0. The van der Waals surface area contributed by atoms with Crippen LogP contribution in [0.25, 0.3) is 0 Å². The molecule has 0 fully saturated rings. The molecule has 1 nitrogen and oxygen atoms in total. The zero-order valence-electron chi connectivity index (χ0n) is 10.1. The average Bonchev–Trinajstić information content (AvgIpc) is 2.36. The van der Waals surface area contributed by atoms with E-state index in [-0.39, 0.29) is 5.02 Å². The molecule has 1 atom stereocenters. The van der Waals surface area contributed by atoms with Gasteiger partial charge < -0.3 is 5.32 Å². The van der Waals surface area contributed by atoms with Crippen molar-refractivity contribution in [2.45, 2.75) is 6.04 Å². The first-order valence-corrected chi connectivity index (χ1v) is 5.98. The summed E-state index contributed by atoms with van der Waals surface area (Å²) in [5.41, 5.74) is 0.934. The second-order valence-corrected chi connectivity index (χ2v) is 4.47. The lowest BCUT2D eigenvalue weighted by molar-refractivity contribution is 0.505. The summed E-state index contributed by atoms with van der Waals surface area (Å²) < 4.78 is 39.6. The third-order valence-corrected chi connectivity index (χ3v) is 3.15. The summed E-state index contributed by atoms with van der Waals surface area (Å²) in [6.07, 6.45) is 0. The van der Waals surface area contributed by atoms with Gasteiger partial charge in [-0.15, -0.1) is 0 Å². The van der Waals surface area contributed by atoms with Gasteiger partial charge in [-0.25, -0.2) is 13.2 Å². The van der Waals surface area contributed by atoms with Gasteiger partial charge in [0.1, 0.15) is 5.82 Å². The van der Waals surface area contributed by atoms with Crippen molar-refractivity contribution in [2.24, 2.45) is 0 Å². The minimum Gasteiger partial charge on any atom is -0.309 e. The predicted octanol–water partition coefficient (Wildman–Crippen LogP) is 4.07. The molecule has 1 N–H and O–H groups in total. The Morgan fingerprint density at radius 3 is 2.37 bits per heavy atom. The molecule has 0 aromatic heterocycles. The number of rotatable bonds is 3. The van der Waals surface area contributed by atoms with E-state index in [0.717, 1.165) is 12.1 Å². The minimum atomic E-state index is -1.01. The third kappa shape index (κ3) is 2.91. The van der Waals surface area contributed by atoms with Crippen molar-refractivity contribution in [3.63, 3.8) is 0 Å². The van der Waals surface area contributed by atoms with Gasteiger partial charge >= 0.3 is 0 Å². The van der Waals surface area contributed by atoms with E-state index < -0.39 is 23.5 Å². The van der Waals surface area contributed by atoms with Gasteiger partial charge in [0.05, 0.1) is 6.04 Å². The molecular weight excluding hydrogens is 275 g/mol. The van der Waals surface area contributed by atoms with Gasteiger partial charge in [0.15, 0.2) is 11.6 Å². The van der Waals surface area contributed by atoms with E-state index in [2.05, 4.69) is 5.32 Å². The van der Waals surface area contributed by atoms with Gasteiger partial charge in [-0.3, -0.25) is 0 Å². The SMILES string of the molecule is CNC(c1cccc(F)c1)c1cc(F)c(F)cc1Cl. The van der Waals surface area contributed by atoms with E-state index in [1.807, 2.05) is 0 Å². The first kappa shape index (κ1) is 13.9. The van der Waals surface area contributed by atoms with Gasteiger partial charge in [0.25, 0.3) is 0 Å². The molecule has 0 bridgehead atoms. The monoisotopic (exact) mass is 285 g/mol. The van der Waals surface area contributed by atoms with Crippen LogP contribution in [-0.4, -0.2) is 7.05 Å². The van der Waals surface area contributed by atoms with Crippen LogP contribution >= 0.6 is 11.6 Å². The molecule has 0 aliphatic heterocycles. The highest BCUT2D eigenvalue weighted by Gasteiger charge is 2.18. The topological polar surface area (TPSA) is 12.0 Å². The summed E-state index contributed by atoms with van der Waals surface area (Å²) in [7, 11) is 1.63. The molecule has 0 aliphatic rings. The Morgan fingerprint density at radius 1 is 1.05 bits per heavy atom. The van der Waals surface area contributed by atoms with E-state index in [0.29, 0.717) is 11.1 Å². The number of hydrogen-bond donors (Lipinski definition) is 1. The van der Waals surface area contributed by atoms with Gasteiger partial charge in [0.2, 0.25) is 0 Å². The molecule has 0 heterocycles. The van der Waals surface area contributed by atoms with Crippen LogP contribution in [-0.2, 0) is 0 Å². The molecule has 5 heteroatoms. The Hall–Kier alpha value is -1.52. The molecule has 0 saturated heterocycles. The molecule has 0 radical (unpaired) electrons.